The Hall–Kier alpha value is 0.1000. The van der Waals surface area contributed by atoms with E-state index in [9.17, 15) is 5.11 Å². The molecule has 1 aromatic rings. The standard InChI is InChI=1S/C12H16BrNOS/c13-11-4-3-10(16-11)7-12(15)5-8-1-2-9(6-12)14-8/h3-4,8-9,14-15H,1-2,5-7H2. The van der Waals surface area contributed by atoms with Gasteiger partial charge >= 0.3 is 0 Å². The maximum atomic E-state index is 10.7. The number of fused-ring (bicyclic) bond motifs is 2. The van der Waals surface area contributed by atoms with Crippen molar-refractivity contribution in [3.05, 3.63) is 20.8 Å². The van der Waals surface area contributed by atoms with Gasteiger partial charge in [-0.15, -0.1) is 11.3 Å². The van der Waals surface area contributed by atoms with Crippen molar-refractivity contribution in [3.63, 3.8) is 0 Å². The Bertz CT molecular complexity index is 380. The summed E-state index contributed by atoms with van der Waals surface area (Å²) in [6.45, 7) is 0. The minimum absolute atomic E-state index is 0.471. The van der Waals surface area contributed by atoms with E-state index in [1.807, 2.05) is 0 Å². The van der Waals surface area contributed by atoms with Gasteiger partial charge in [-0.3, -0.25) is 0 Å². The van der Waals surface area contributed by atoms with Gasteiger partial charge in [0.15, 0.2) is 0 Å². The van der Waals surface area contributed by atoms with E-state index < -0.39 is 5.60 Å². The number of thiophene rings is 1. The van der Waals surface area contributed by atoms with Gasteiger partial charge in [-0.2, -0.15) is 0 Å². The van der Waals surface area contributed by atoms with Crippen molar-refractivity contribution >= 4 is 27.3 Å². The van der Waals surface area contributed by atoms with E-state index in [0.717, 1.165) is 23.0 Å². The molecule has 0 spiro atoms. The van der Waals surface area contributed by atoms with E-state index in [1.165, 1.54) is 17.7 Å². The van der Waals surface area contributed by atoms with Crippen molar-refractivity contribution in [2.45, 2.75) is 49.8 Å². The summed E-state index contributed by atoms with van der Waals surface area (Å²) in [6.07, 6.45) is 5.12. The number of piperidine rings is 1. The molecule has 0 aromatic carbocycles. The number of hydrogen-bond donors (Lipinski definition) is 2. The molecular formula is C12H16BrNOS. The number of halogens is 1. The van der Waals surface area contributed by atoms with Gasteiger partial charge in [0.1, 0.15) is 0 Å². The predicted molar refractivity (Wildman–Crippen MR) is 69.9 cm³/mol. The van der Waals surface area contributed by atoms with Crippen LogP contribution in [0.5, 0.6) is 0 Å². The highest BCUT2D eigenvalue weighted by atomic mass is 79.9. The molecule has 0 radical (unpaired) electrons. The van der Waals surface area contributed by atoms with E-state index in [-0.39, 0.29) is 0 Å². The minimum Gasteiger partial charge on any atom is -0.389 e. The molecule has 2 bridgehead atoms. The second-order valence-corrected chi connectivity index (χ2v) is 7.70. The largest absolute Gasteiger partial charge is 0.389 e. The Kier molecular flexibility index (Phi) is 2.86. The second-order valence-electron chi connectivity index (χ2n) is 5.15. The minimum atomic E-state index is -0.471. The highest BCUT2D eigenvalue weighted by Crippen LogP contribution is 2.37. The zero-order valence-electron chi connectivity index (χ0n) is 9.08. The summed E-state index contributed by atoms with van der Waals surface area (Å²) in [5.74, 6) is 0. The van der Waals surface area contributed by atoms with Crippen LogP contribution in [0.2, 0.25) is 0 Å². The smallest absolute Gasteiger partial charge is 0.0725 e. The van der Waals surface area contributed by atoms with E-state index in [0.29, 0.717) is 12.1 Å². The van der Waals surface area contributed by atoms with Gasteiger partial charge in [0.2, 0.25) is 0 Å². The van der Waals surface area contributed by atoms with Crippen LogP contribution < -0.4 is 5.32 Å². The first kappa shape index (κ1) is 11.2. The third kappa shape index (κ3) is 2.21. The zero-order chi connectivity index (χ0) is 11.2. The molecule has 3 rings (SSSR count). The fourth-order valence-electron chi connectivity index (χ4n) is 3.14. The van der Waals surface area contributed by atoms with Crippen LogP contribution >= 0.6 is 27.3 Å². The molecule has 16 heavy (non-hydrogen) atoms. The van der Waals surface area contributed by atoms with Crippen LogP contribution in [0.1, 0.15) is 30.6 Å². The van der Waals surface area contributed by atoms with Crippen molar-refractivity contribution in [1.82, 2.24) is 5.32 Å². The van der Waals surface area contributed by atoms with Crippen LogP contribution in [0.3, 0.4) is 0 Å². The summed E-state index contributed by atoms with van der Waals surface area (Å²) in [4.78, 5) is 1.29. The maximum absolute atomic E-state index is 10.7. The van der Waals surface area contributed by atoms with Crippen LogP contribution in [0.25, 0.3) is 0 Å². The summed E-state index contributed by atoms with van der Waals surface area (Å²) in [5, 5.41) is 14.2. The second kappa shape index (κ2) is 4.09. The van der Waals surface area contributed by atoms with Crippen molar-refractivity contribution in [2.24, 2.45) is 0 Å². The molecule has 2 N–H and O–H groups in total. The zero-order valence-corrected chi connectivity index (χ0v) is 11.5. The van der Waals surface area contributed by atoms with Crippen LogP contribution in [0.4, 0.5) is 0 Å². The lowest BCUT2D eigenvalue weighted by Gasteiger charge is -2.37. The number of rotatable bonds is 2. The lowest BCUT2D eigenvalue weighted by Crippen LogP contribution is -2.49. The van der Waals surface area contributed by atoms with Gasteiger partial charge in [-0.1, -0.05) is 0 Å². The summed E-state index contributed by atoms with van der Waals surface area (Å²) >= 11 is 5.21. The summed E-state index contributed by atoms with van der Waals surface area (Å²) in [5.41, 5.74) is -0.471. The van der Waals surface area contributed by atoms with Crippen molar-refractivity contribution < 1.29 is 5.11 Å². The Morgan fingerprint density at radius 2 is 2.06 bits per heavy atom. The molecule has 0 saturated carbocycles. The predicted octanol–water partition coefficient (Wildman–Crippen LogP) is 2.70. The average molecular weight is 302 g/mol. The Morgan fingerprint density at radius 1 is 1.38 bits per heavy atom. The fraction of sp³-hybridized carbons (Fsp3) is 0.667. The van der Waals surface area contributed by atoms with Gasteiger partial charge < -0.3 is 10.4 Å². The van der Waals surface area contributed by atoms with E-state index >= 15 is 0 Å². The number of nitrogens with one attached hydrogen (secondary N) is 1. The first-order valence-electron chi connectivity index (χ1n) is 5.86. The molecular weight excluding hydrogens is 286 g/mol. The van der Waals surface area contributed by atoms with E-state index in [4.69, 9.17) is 0 Å². The van der Waals surface area contributed by atoms with Gasteiger partial charge in [0.05, 0.1) is 9.39 Å². The third-order valence-corrected chi connectivity index (χ3v) is 5.34. The summed E-state index contributed by atoms with van der Waals surface area (Å²) < 4.78 is 1.16. The maximum Gasteiger partial charge on any atom is 0.0725 e. The molecule has 2 aliphatic heterocycles. The summed E-state index contributed by atoms with van der Waals surface area (Å²) in [7, 11) is 0. The number of aliphatic hydroxyl groups is 1. The fourth-order valence-corrected chi connectivity index (χ4v) is 4.76. The number of hydrogen-bond acceptors (Lipinski definition) is 3. The topological polar surface area (TPSA) is 32.3 Å². The molecule has 0 amide bonds. The van der Waals surface area contributed by atoms with Crippen LogP contribution in [-0.2, 0) is 6.42 Å². The molecule has 2 unspecified atom stereocenters. The van der Waals surface area contributed by atoms with Crippen LogP contribution in [0, 0.1) is 0 Å². The molecule has 88 valence electrons. The molecule has 2 nitrogen and oxygen atoms in total. The molecule has 2 saturated heterocycles. The molecule has 0 aliphatic carbocycles. The van der Waals surface area contributed by atoms with Gasteiger partial charge in [-0.05, 0) is 53.7 Å². The van der Waals surface area contributed by atoms with Crippen LogP contribution in [0.15, 0.2) is 15.9 Å². The molecule has 4 heteroatoms. The SMILES string of the molecule is OC1(Cc2ccc(Br)s2)CC2CCC(C1)N2. The normalized spacial score (nSPS) is 37.9. The third-order valence-electron chi connectivity index (χ3n) is 3.72. The molecule has 2 aliphatic rings. The van der Waals surface area contributed by atoms with Crippen LogP contribution in [-0.4, -0.2) is 22.8 Å². The average Bonchev–Trinajstić information content (AvgIpc) is 2.73. The Balaban J connectivity index is 1.74. The quantitative estimate of drug-likeness (QED) is 0.880. The van der Waals surface area contributed by atoms with E-state index in [2.05, 4.69) is 33.4 Å². The summed E-state index contributed by atoms with van der Waals surface area (Å²) in [6, 6.07) is 5.29. The first-order valence-corrected chi connectivity index (χ1v) is 7.47. The van der Waals surface area contributed by atoms with Crippen molar-refractivity contribution in [1.29, 1.82) is 0 Å². The highest BCUT2D eigenvalue weighted by molar-refractivity contribution is 9.11. The molecule has 1 aromatic heterocycles. The van der Waals surface area contributed by atoms with Crippen molar-refractivity contribution in [2.75, 3.05) is 0 Å². The molecule has 3 heterocycles. The Labute approximate surface area is 108 Å². The van der Waals surface area contributed by atoms with Gasteiger partial charge in [-0.25, -0.2) is 0 Å². The monoisotopic (exact) mass is 301 g/mol. The van der Waals surface area contributed by atoms with E-state index in [1.54, 1.807) is 11.3 Å². The molecule has 2 atom stereocenters. The van der Waals surface area contributed by atoms with Crippen molar-refractivity contribution in [3.8, 4) is 0 Å². The molecule has 2 fully saturated rings. The Morgan fingerprint density at radius 3 is 2.62 bits per heavy atom. The highest BCUT2D eigenvalue weighted by Gasteiger charge is 2.42. The van der Waals surface area contributed by atoms with Gasteiger partial charge in [0.25, 0.3) is 0 Å². The first-order chi connectivity index (χ1) is 7.63. The lowest BCUT2D eigenvalue weighted by molar-refractivity contribution is -0.00542. The van der Waals surface area contributed by atoms with Gasteiger partial charge in [0, 0.05) is 23.4 Å². The lowest BCUT2D eigenvalue weighted by atomic mass is 9.84.